The van der Waals surface area contributed by atoms with Crippen LogP contribution in [0.1, 0.15) is 6.42 Å². The second-order valence-corrected chi connectivity index (χ2v) is 2.65. The second kappa shape index (κ2) is 3.75. The Morgan fingerprint density at radius 1 is 1.62 bits per heavy atom. The molecule has 5 heteroatoms. The van der Waals surface area contributed by atoms with Crippen LogP contribution in [0.4, 0.5) is 5.69 Å². The zero-order chi connectivity index (χ0) is 9.84. The Hall–Kier alpha value is -1.78. The van der Waals surface area contributed by atoms with Crippen LogP contribution in [0.15, 0.2) is 23.3 Å². The first-order valence-corrected chi connectivity index (χ1v) is 3.77. The van der Waals surface area contributed by atoms with E-state index in [0.717, 1.165) is 0 Å². The van der Waals surface area contributed by atoms with Crippen LogP contribution in [0.5, 0.6) is 0 Å². The minimum atomic E-state index is -0.878. The molecule has 70 valence electrons. The third kappa shape index (κ3) is 2.62. The van der Waals surface area contributed by atoms with Crippen molar-refractivity contribution in [1.29, 1.82) is 0 Å². The van der Waals surface area contributed by atoms with Gasteiger partial charge in [-0.25, -0.2) is 0 Å². The van der Waals surface area contributed by atoms with Gasteiger partial charge in [0, 0.05) is 25.0 Å². The molecule has 1 rings (SSSR count). The lowest BCUT2D eigenvalue weighted by atomic mass is 10.3. The number of rotatable bonds is 3. The molecule has 0 aliphatic carbocycles. The van der Waals surface area contributed by atoms with Gasteiger partial charge >= 0.3 is 5.97 Å². The average Bonchev–Trinajstić information content (AvgIpc) is 2.07. The van der Waals surface area contributed by atoms with E-state index in [1.165, 1.54) is 18.5 Å². The van der Waals surface area contributed by atoms with Crippen molar-refractivity contribution in [2.24, 2.45) is 0 Å². The van der Waals surface area contributed by atoms with Crippen LogP contribution >= 0.6 is 0 Å². The van der Waals surface area contributed by atoms with Crippen LogP contribution in [0.2, 0.25) is 0 Å². The van der Waals surface area contributed by atoms with Gasteiger partial charge in [0.2, 0.25) is 5.43 Å². The molecule has 1 aromatic rings. The molecule has 0 radical (unpaired) electrons. The van der Waals surface area contributed by atoms with Crippen LogP contribution in [0.3, 0.4) is 0 Å². The van der Waals surface area contributed by atoms with Gasteiger partial charge in [0.25, 0.3) is 0 Å². The quantitative estimate of drug-likeness (QED) is 0.683. The van der Waals surface area contributed by atoms with E-state index in [4.69, 9.17) is 10.8 Å². The van der Waals surface area contributed by atoms with E-state index in [-0.39, 0.29) is 17.5 Å². The predicted octanol–water partition coefficient (Wildman–Crippen LogP) is -0.0948. The molecule has 0 unspecified atom stereocenters. The maximum atomic E-state index is 10.9. The average molecular weight is 182 g/mol. The van der Waals surface area contributed by atoms with Crippen molar-refractivity contribution in [3.63, 3.8) is 0 Å². The Morgan fingerprint density at radius 2 is 2.31 bits per heavy atom. The number of carbonyl (C=O) groups is 1. The number of aliphatic carboxylic acids is 1. The Kier molecular flexibility index (Phi) is 2.69. The molecule has 0 atom stereocenters. The van der Waals surface area contributed by atoms with E-state index in [2.05, 4.69) is 0 Å². The molecule has 0 fully saturated rings. The van der Waals surface area contributed by atoms with Crippen LogP contribution < -0.4 is 11.2 Å². The number of anilines is 1. The summed E-state index contributed by atoms with van der Waals surface area (Å²) >= 11 is 0. The van der Waals surface area contributed by atoms with Crippen LogP contribution in [0.25, 0.3) is 0 Å². The Morgan fingerprint density at radius 3 is 2.85 bits per heavy atom. The first-order chi connectivity index (χ1) is 6.09. The van der Waals surface area contributed by atoms with Crippen molar-refractivity contribution >= 4 is 11.7 Å². The number of nitrogens with zero attached hydrogens (tertiary/aromatic N) is 1. The maximum Gasteiger partial charge on any atom is 0.305 e. The first kappa shape index (κ1) is 9.31. The van der Waals surface area contributed by atoms with Gasteiger partial charge in [-0.1, -0.05) is 0 Å². The van der Waals surface area contributed by atoms with E-state index in [0.29, 0.717) is 6.54 Å². The summed E-state index contributed by atoms with van der Waals surface area (Å²) in [4.78, 5) is 21.1. The summed E-state index contributed by atoms with van der Waals surface area (Å²) in [6, 6.07) is 1.32. The third-order valence-electron chi connectivity index (χ3n) is 1.59. The van der Waals surface area contributed by atoms with Gasteiger partial charge in [-0.3, -0.25) is 9.59 Å². The standard InChI is InChI=1S/C8H10N2O3/c9-6-5-10(3-1-7(6)11)4-2-8(12)13/h1,3,5H,2,4,9H2,(H,12,13). The fourth-order valence-electron chi connectivity index (χ4n) is 0.909. The molecule has 0 aromatic carbocycles. The first-order valence-electron chi connectivity index (χ1n) is 3.77. The topological polar surface area (TPSA) is 85.3 Å². The summed E-state index contributed by atoms with van der Waals surface area (Å²) in [6.07, 6.45) is 2.97. The lowest BCUT2D eigenvalue weighted by Crippen LogP contribution is -2.12. The molecule has 1 heterocycles. The van der Waals surface area contributed by atoms with Crippen molar-refractivity contribution in [1.82, 2.24) is 4.57 Å². The van der Waals surface area contributed by atoms with Gasteiger partial charge in [-0.2, -0.15) is 0 Å². The predicted molar refractivity (Wildman–Crippen MR) is 47.4 cm³/mol. The molecule has 0 aliphatic heterocycles. The summed E-state index contributed by atoms with van der Waals surface area (Å²) in [7, 11) is 0. The Bertz CT molecular complexity index is 370. The van der Waals surface area contributed by atoms with E-state index < -0.39 is 5.97 Å². The monoisotopic (exact) mass is 182 g/mol. The zero-order valence-electron chi connectivity index (χ0n) is 6.93. The van der Waals surface area contributed by atoms with E-state index in [9.17, 15) is 9.59 Å². The van der Waals surface area contributed by atoms with Crippen LogP contribution in [-0.2, 0) is 11.3 Å². The third-order valence-corrected chi connectivity index (χ3v) is 1.59. The summed E-state index contributed by atoms with van der Waals surface area (Å²) in [5.41, 5.74) is 5.23. The molecule has 5 nitrogen and oxygen atoms in total. The lowest BCUT2D eigenvalue weighted by molar-refractivity contribution is -0.137. The smallest absolute Gasteiger partial charge is 0.305 e. The SMILES string of the molecule is Nc1cn(CCC(=O)O)ccc1=O. The molecular formula is C8H10N2O3. The highest BCUT2D eigenvalue weighted by Gasteiger charge is 1.98. The highest BCUT2D eigenvalue weighted by molar-refractivity contribution is 5.66. The van der Waals surface area contributed by atoms with E-state index in [1.807, 2.05) is 0 Å². The molecule has 0 spiro atoms. The van der Waals surface area contributed by atoms with Gasteiger partial charge in [0.05, 0.1) is 12.1 Å². The van der Waals surface area contributed by atoms with Gasteiger partial charge < -0.3 is 15.4 Å². The lowest BCUT2D eigenvalue weighted by Gasteiger charge is -2.03. The second-order valence-electron chi connectivity index (χ2n) is 2.65. The molecule has 0 bridgehead atoms. The van der Waals surface area contributed by atoms with Crippen LogP contribution in [-0.4, -0.2) is 15.6 Å². The van der Waals surface area contributed by atoms with Gasteiger partial charge in [-0.05, 0) is 0 Å². The molecule has 0 saturated carbocycles. The summed E-state index contributed by atoms with van der Waals surface area (Å²) in [6.45, 7) is 0.319. The minimum Gasteiger partial charge on any atom is -0.481 e. The molecule has 3 N–H and O–H groups in total. The number of carboxylic acids is 1. The number of aryl methyl sites for hydroxylation is 1. The van der Waals surface area contributed by atoms with Gasteiger partial charge in [0.1, 0.15) is 0 Å². The van der Waals surface area contributed by atoms with Crippen molar-refractivity contribution < 1.29 is 9.90 Å². The van der Waals surface area contributed by atoms with Crippen molar-refractivity contribution in [2.45, 2.75) is 13.0 Å². The molecule has 0 amide bonds. The van der Waals surface area contributed by atoms with Crippen molar-refractivity contribution in [3.8, 4) is 0 Å². The number of nitrogens with two attached hydrogens (primary N) is 1. The number of hydrogen-bond acceptors (Lipinski definition) is 3. The molecule has 13 heavy (non-hydrogen) atoms. The number of carboxylic acid groups (broad SMARTS) is 1. The fourth-order valence-corrected chi connectivity index (χ4v) is 0.909. The van der Waals surface area contributed by atoms with E-state index in [1.54, 1.807) is 4.57 Å². The number of aromatic nitrogens is 1. The van der Waals surface area contributed by atoms with E-state index >= 15 is 0 Å². The highest BCUT2D eigenvalue weighted by atomic mass is 16.4. The highest BCUT2D eigenvalue weighted by Crippen LogP contribution is 1.95. The summed E-state index contributed by atoms with van der Waals surface area (Å²) < 4.78 is 1.57. The molecule has 1 aromatic heterocycles. The van der Waals surface area contributed by atoms with Crippen LogP contribution in [0, 0.1) is 0 Å². The maximum absolute atomic E-state index is 10.9. The summed E-state index contributed by atoms with van der Waals surface area (Å²) in [5.74, 6) is -0.878. The van der Waals surface area contributed by atoms with Gasteiger partial charge in [-0.15, -0.1) is 0 Å². The molecule has 0 aliphatic rings. The largest absolute Gasteiger partial charge is 0.481 e. The summed E-state index contributed by atoms with van der Waals surface area (Å²) in [5, 5.41) is 8.39. The Labute approximate surface area is 74.4 Å². The fraction of sp³-hybridized carbons (Fsp3) is 0.250. The Balaban J connectivity index is 2.74. The van der Waals surface area contributed by atoms with Crippen molar-refractivity contribution in [3.05, 3.63) is 28.7 Å². The normalized spacial score (nSPS) is 9.85. The number of pyridine rings is 1. The zero-order valence-corrected chi connectivity index (χ0v) is 6.93. The molecule has 0 saturated heterocycles. The number of nitrogen functional groups attached to an aromatic ring is 1. The molecular weight excluding hydrogens is 172 g/mol. The van der Waals surface area contributed by atoms with Gasteiger partial charge in [0.15, 0.2) is 0 Å². The van der Waals surface area contributed by atoms with Crippen molar-refractivity contribution in [2.75, 3.05) is 5.73 Å². The number of hydrogen-bond donors (Lipinski definition) is 2. The minimum absolute atomic E-state index is 0.0162.